The number of anilines is 1. The maximum atomic E-state index is 12.4. The Morgan fingerprint density at radius 1 is 1.21 bits per heavy atom. The minimum absolute atomic E-state index is 0.0223. The van der Waals surface area contributed by atoms with E-state index in [2.05, 4.69) is 5.32 Å². The summed E-state index contributed by atoms with van der Waals surface area (Å²) in [5.41, 5.74) is 3.36. The minimum Gasteiger partial charge on any atom is -0.491 e. The number of hydrogen-bond donors (Lipinski definition) is 1. The molecule has 0 spiro atoms. The average molecular weight is 324 g/mol. The van der Waals surface area contributed by atoms with Gasteiger partial charge in [-0.2, -0.15) is 0 Å². The van der Waals surface area contributed by atoms with Crippen LogP contribution in [-0.2, 0) is 11.3 Å². The van der Waals surface area contributed by atoms with Crippen molar-refractivity contribution in [3.8, 4) is 5.75 Å². The van der Waals surface area contributed by atoms with Crippen molar-refractivity contribution < 1.29 is 14.3 Å². The number of carbonyl (C=O) groups excluding carboxylic acids is 2. The van der Waals surface area contributed by atoms with E-state index in [0.29, 0.717) is 36.6 Å². The molecule has 0 aliphatic carbocycles. The molecule has 1 aliphatic heterocycles. The summed E-state index contributed by atoms with van der Waals surface area (Å²) in [4.78, 5) is 25.9. The van der Waals surface area contributed by atoms with Gasteiger partial charge in [-0.15, -0.1) is 0 Å². The maximum absolute atomic E-state index is 12.4. The topological polar surface area (TPSA) is 58.6 Å². The lowest BCUT2D eigenvalue weighted by Gasteiger charge is -2.17. The molecule has 5 heteroatoms. The van der Waals surface area contributed by atoms with E-state index in [1.165, 1.54) is 5.56 Å². The van der Waals surface area contributed by atoms with Crippen LogP contribution in [0.5, 0.6) is 5.75 Å². The Balaban J connectivity index is 1.74. The zero-order chi connectivity index (χ0) is 17.1. The van der Waals surface area contributed by atoms with Crippen molar-refractivity contribution in [1.82, 2.24) is 5.32 Å². The fraction of sp³-hybridized carbons (Fsp3) is 0.263. The number of fused-ring (bicyclic) bond motifs is 1. The smallest absolute Gasteiger partial charge is 0.251 e. The number of amides is 2. The Bertz CT molecular complexity index is 769. The summed E-state index contributed by atoms with van der Waals surface area (Å²) in [6.45, 7) is 2.84. The van der Waals surface area contributed by atoms with E-state index >= 15 is 0 Å². The van der Waals surface area contributed by atoms with E-state index in [4.69, 9.17) is 4.74 Å². The molecule has 0 radical (unpaired) electrons. The van der Waals surface area contributed by atoms with Crippen LogP contribution in [0.15, 0.2) is 42.5 Å². The van der Waals surface area contributed by atoms with Crippen molar-refractivity contribution in [3.63, 3.8) is 0 Å². The highest BCUT2D eigenvalue weighted by atomic mass is 16.5. The molecule has 124 valence electrons. The first-order valence-electron chi connectivity index (χ1n) is 7.92. The highest BCUT2D eigenvalue weighted by Crippen LogP contribution is 2.31. The average Bonchev–Trinajstić information content (AvgIpc) is 2.73. The van der Waals surface area contributed by atoms with Crippen LogP contribution in [0.3, 0.4) is 0 Å². The summed E-state index contributed by atoms with van der Waals surface area (Å²) < 4.78 is 5.57. The SMILES string of the molecule is Cc1ccc(CNC(=O)c2ccc3c(c2)N(C)C(=O)CCO3)cc1. The molecule has 1 aliphatic rings. The maximum Gasteiger partial charge on any atom is 0.251 e. The molecular weight excluding hydrogens is 304 g/mol. The van der Waals surface area contributed by atoms with Gasteiger partial charge in [-0.1, -0.05) is 29.8 Å². The molecule has 5 nitrogen and oxygen atoms in total. The predicted octanol–water partition coefficient (Wildman–Crippen LogP) is 2.67. The zero-order valence-electron chi connectivity index (χ0n) is 13.8. The Kier molecular flexibility index (Phi) is 4.51. The molecule has 0 saturated carbocycles. The van der Waals surface area contributed by atoms with E-state index in [-0.39, 0.29) is 11.8 Å². The predicted molar refractivity (Wildman–Crippen MR) is 92.3 cm³/mol. The standard InChI is InChI=1S/C19H20N2O3/c1-13-3-5-14(6-4-13)12-20-19(23)15-7-8-17-16(11-15)21(2)18(22)9-10-24-17/h3-8,11H,9-10,12H2,1-2H3,(H,20,23). The third-order valence-electron chi connectivity index (χ3n) is 4.10. The molecule has 0 atom stereocenters. The van der Waals surface area contributed by atoms with E-state index in [1.807, 2.05) is 31.2 Å². The third-order valence-corrected chi connectivity index (χ3v) is 4.10. The van der Waals surface area contributed by atoms with E-state index < -0.39 is 0 Å². The third kappa shape index (κ3) is 3.40. The molecule has 2 amide bonds. The molecule has 3 rings (SSSR count). The number of rotatable bonds is 3. The Hall–Kier alpha value is -2.82. The van der Waals surface area contributed by atoms with Crippen LogP contribution in [0.2, 0.25) is 0 Å². The van der Waals surface area contributed by atoms with E-state index in [1.54, 1.807) is 30.1 Å². The summed E-state index contributed by atoms with van der Waals surface area (Å²) in [6.07, 6.45) is 0.333. The molecular formula is C19H20N2O3. The fourth-order valence-electron chi connectivity index (χ4n) is 2.58. The number of aryl methyl sites for hydroxylation is 1. The monoisotopic (exact) mass is 324 g/mol. The van der Waals surface area contributed by atoms with Crippen LogP contribution in [0.4, 0.5) is 5.69 Å². The zero-order valence-corrected chi connectivity index (χ0v) is 13.8. The van der Waals surface area contributed by atoms with Crippen LogP contribution in [0, 0.1) is 6.92 Å². The van der Waals surface area contributed by atoms with Crippen molar-refractivity contribution in [1.29, 1.82) is 0 Å². The number of benzene rings is 2. The first kappa shape index (κ1) is 16.1. The lowest BCUT2D eigenvalue weighted by Crippen LogP contribution is -2.26. The van der Waals surface area contributed by atoms with Gasteiger partial charge < -0.3 is 15.0 Å². The van der Waals surface area contributed by atoms with Crippen LogP contribution < -0.4 is 15.0 Å². The molecule has 0 saturated heterocycles. The molecule has 0 fully saturated rings. The number of nitrogens with one attached hydrogen (secondary N) is 1. The van der Waals surface area contributed by atoms with Gasteiger partial charge in [-0.05, 0) is 30.7 Å². The van der Waals surface area contributed by atoms with Gasteiger partial charge in [0.2, 0.25) is 5.91 Å². The van der Waals surface area contributed by atoms with E-state index in [9.17, 15) is 9.59 Å². The number of hydrogen-bond acceptors (Lipinski definition) is 3. The Morgan fingerprint density at radius 2 is 1.96 bits per heavy atom. The summed E-state index contributed by atoms with van der Waals surface area (Å²) >= 11 is 0. The molecule has 0 bridgehead atoms. The second-order valence-corrected chi connectivity index (χ2v) is 5.90. The summed E-state index contributed by atoms with van der Waals surface area (Å²) in [5.74, 6) is 0.424. The van der Waals surface area contributed by atoms with Crippen molar-refractivity contribution in [2.45, 2.75) is 19.9 Å². The highest BCUT2D eigenvalue weighted by molar-refractivity contribution is 5.99. The highest BCUT2D eigenvalue weighted by Gasteiger charge is 2.21. The van der Waals surface area contributed by atoms with Crippen LogP contribution in [0.1, 0.15) is 27.9 Å². The number of carbonyl (C=O) groups is 2. The van der Waals surface area contributed by atoms with Gasteiger partial charge in [0.05, 0.1) is 18.7 Å². The van der Waals surface area contributed by atoms with Crippen molar-refractivity contribution in [2.24, 2.45) is 0 Å². The van der Waals surface area contributed by atoms with Gasteiger partial charge in [-0.25, -0.2) is 0 Å². The van der Waals surface area contributed by atoms with Gasteiger partial charge in [0, 0.05) is 19.2 Å². The second-order valence-electron chi connectivity index (χ2n) is 5.90. The Labute approximate surface area is 141 Å². The lowest BCUT2D eigenvalue weighted by molar-refractivity contribution is -0.118. The van der Waals surface area contributed by atoms with Crippen molar-refractivity contribution in [2.75, 3.05) is 18.6 Å². The van der Waals surface area contributed by atoms with E-state index in [0.717, 1.165) is 5.56 Å². The molecule has 1 N–H and O–H groups in total. The Morgan fingerprint density at radius 3 is 2.71 bits per heavy atom. The largest absolute Gasteiger partial charge is 0.491 e. The normalized spacial score (nSPS) is 13.8. The summed E-state index contributed by atoms with van der Waals surface area (Å²) in [6, 6.07) is 13.2. The van der Waals surface area contributed by atoms with Gasteiger partial charge in [0.15, 0.2) is 0 Å². The van der Waals surface area contributed by atoms with Crippen LogP contribution >= 0.6 is 0 Å². The van der Waals surface area contributed by atoms with Crippen molar-refractivity contribution >= 4 is 17.5 Å². The molecule has 1 heterocycles. The molecule has 0 aromatic heterocycles. The minimum atomic E-state index is -0.177. The van der Waals surface area contributed by atoms with Gasteiger partial charge in [0.25, 0.3) is 5.91 Å². The van der Waals surface area contributed by atoms with Crippen molar-refractivity contribution in [3.05, 3.63) is 59.2 Å². The summed E-state index contributed by atoms with van der Waals surface area (Å²) in [7, 11) is 1.70. The van der Waals surface area contributed by atoms with Gasteiger partial charge >= 0.3 is 0 Å². The number of nitrogens with zero attached hydrogens (tertiary/aromatic N) is 1. The summed E-state index contributed by atoms with van der Waals surface area (Å²) in [5, 5.41) is 2.90. The first-order valence-corrected chi connectivity index (χ1v) is 7.92. The van der Waals surface area contributed by atoms with Gasteiger partial charge in [0.1, 0.15) is 5.75 Å². The van der Waals surface area contributed by atoms with Crippen LogP contribution in [-0.4, -0.2) is 25.5 Å². The molecule has 2 aromatic carbocycles. The fourth-order valence-corrected chi connectivity index (χ4v) is 2.58. The quantitative estimate of drug-likeness (QED) is 0.944. The second kappa shape index (κ2) is 6.74. The lowest BCUT2D eigenvalue weighted by atomic mass is 10.1. The van der Waals surface area contributed by atoms with Crippen LogP contribution in [0.25, 0.3) is 0 Å². The molecule has 0 unspecified atom stereocenters. The molecule has 24 heavy (non-hydrogen) atoms. The van der Waals surface area contributed by atoms with Gasteiger partial charge in [-0.3, -0.25) is 9.59 Å². The molecule has 2 aromatic rings. The number of ether oxygens (including phenoxy) is 1. The first-order chi connectivity index (χ1) is 11.5.